The molecular weight excluding hydrogens is 352 g/mol. The number of carbonyl (C=O) groups is 2. The zero-order chi connectivity index (χ0) is 18.7. The van der Waals surface area contributed by atoms with Crippen LogP contribution in [0.5, 0.6) is 5.75 Å². The Morgan fingerprint density at radius 1 is 1.46 bits per heavy atom. The number of ether oxygens (including phenoxy) is 1. The fraction of sp³-hybridized carbons (Fsp3) is 0.389. The highest BCUT2D eigenvalue weighted by molar-refractivity contribution is 7.09. The van der Waals surface area contributed by atoms with Gasteiger partial charge in [-0.1, -0.05) is 0 Å². The van der Waals surface area contributed by atoms with Crippen LogP contribution in [-0.2, 0) is 11.3 Å². The van der Waals surface area contributed by atoms with Gasteiger partial charge in [0.1, 0.15) is 5.75 Å². The van der Waals surface area contributed by atoms with Crippen LogP contribution < -0.4 is 15.0 Å². The van der Waals surface area contributed by atoms with Gasteiger partial charge in [0.2, 0.25) is 5.91 Å². The summed E-state index contributed by atoms with van der Waals surface area (Å²) < 4.78 is 5.42. The predicted octanol–water partition coefficient (Wildman–Crippen LogP) is 3.25. The van der Waals surface area contributed by atoms with Crippen molar-refractivity contribution in [2.24, 2.45) is 0 Å². The summed E-state index contributed by atoms with van der Waals surface area (Å²) in [5, 5.41) is 5.78. The second-order valence-electron chi connectivity index (χ2n) is 6.18. The molecule has 7 nitrogen and oxygen atoms in total. The number of thiazole rings is 1. The molecule has 26 heavy (non-hydrogen) atoms. The van der Waals surface area contributed by atoms with E-state index in [0.29, 0.717) is 30.9 Å². The van der Waals surface area contributed by atoms with E-state index in [2.05, 4.69) is 10.3 Å². The van der Waals surface area contributed by atoms with Crippen LogP contribution >= 0.6 is 11.3 Å². The van der Waals surface area contributed by atoms with Gasteiger partial charge < -0.3 is 19.9 Å². The van der Waals surface area contributed by atoms with Crippen LogP contribution in [-0.4, -0.2) is 42.5 Å². The molecule has 0 atom stereocenters. The Morgan fingerprint density at radius 3 is 2.88 bits per heavy atom. The first-order valence-corrected chi connectivity index (χ1v) is 9.27. The maximum absolute atomic E-state index is 12.4. The summed E-state index contributed by atoms with van der Waals surface area (Å²) in [6.07, 6.45) is 1.41. The Labute approximate surface area is 156 Å². The van der Waals surface area contributed by atoms with E-state index in [4.69, 9.17) is 4.74 Å². The van der Waals surface area contributed by atoms with Gasteiger partial charge in [0.25, 0.3) is 0 Å². The number of amides is 3. The van der Waals surface area contributed by atoms with Crippen molar-refractivity contribution in [3.8, 4) is 5.75 Å². The van der Waals surface area contributed by atoms with Crippen LogP contribution in [0.15, 0.2) is 23.6 Å². The number of benzene rings is 1. The van der Waals surface area contributed by atoms with Crippen molar-refractivity contribution in [2.75, 3.05) is 30.9 Å². The molecule has 0 aliphatic carbocycles. The minimum Gasteiger partial charge on any atom is -0.494 e. The van der Waals surface area contributed by atoms with Gasteiger partial charge in [-0.3, -0.25) is 4.79 Å². The number of nitrogens with one attached hydrogen (secondary N) is 1. The van der Waals surface area contributed by atoms with Crippen molar-refractivity contribution in [2.45, 2.75) is 26.3 Å². The lowest BCUT2D eigenvalue weighted by Gasteiger charge is -2.21. The minimum absolute atomic E-state index is 0.0957. The summed E-state index contributed by atoms with van der Waals surface area (Å²) in [4.78, 5) is 32.0. The Morgan fingerprint density at radius 2 is 2.27 bits per heavy atom. The average molecular weight is 374 g/mol. The van der Waals surface area contributed by atoms with Gasteiger partial charge in [0, 0.05) is 37.1 Å². The monoisotopic (exact) mass is 374 g/mol. The molecule has 3 amide bonds. The summed E-state index contributed by atoms with van der Waals surface area (Å²) in [5.41, 5.74) is 2.22. The molecule has 0 radical (unpaired) electrons. The molecule has 138 valence electrons. The SMILES string of the molecule is COc1cc(NC(=O)N(C)Cc2csc(C)n2)ccc1N1CCCC1=O. The van der Waals surface area contributed by atoms with Crippen molar-refractivity contribution in [1.29, 1.82) is 0 Å². The number of hydrogen-bond acceptors (Lipinski definition) is 5. The third-order valence-corrected chi connectivity index (χ3v) is 5.03. The van der Waals surface area contributed by atoms with Crippen molar-refractivity contribution in [3.05, 3.63) is 34.3 Å². The Hall–Kier alpha value is -2.61. The fourth-order valence-corrected chi connectivity index (χ4v) is 3.50. The lowest BCUT2D eigenvalue weighted by molar-refractivity contribution is -0.117. The smallest absolute Gasteiger partial charge is 0.321 e. The molecule has 0 unspecified atom stereocenters. The molecule has 0 bridgehead atoms. The standard InChI is InChI=1S/C18H22N4O3S/c1-12-19-14(11-26-12)10-21(2)18(24)20-13-6-7-15(16(9-13)25-3)22-8-4-5-17(22)23/h6-7,9,11H,4-5,8,10H2,1-3H3,(H,20,24). The number of carbonyl (C=O) groups excluding carboxylic acids is 2. The molecule has 1 aromatic carbocycles. The zero-order valence-corrected chi connectivity index (χ0v) is 15.9. The largest absolute Gasteiger partial charge is 0.494 e. The van der Waals surface area contributed by atoms with Gasteiger partial charge in [0.15, 0.2) is 0 Å². The highest BCUT2D eigenvalue weighted by Crippen LogP contribution is 2.33. The third-order valence-electron chi connectivity index (χ3n) is 4.21. The van der Waals surface area contributed by atoms with Crippen LogP contribution in [0, 0.1) is 6.92 Å². The Bertz CT molecular complexity index is 821. The topological polar surface area (TPSA) is 74.8 Å². The average Bonchev–Trinajstić information content (AvgIpc) is 3.22. The highest BCUT2D eigenvalue weighted by atomic mass is 32.1. The first kappa shape index (κ1) is 18.2. The summed E-state index contributed by atoms with van der Waals surface area (Å²) in [6.45, 7) is 3.07. The van der Waals surface area contributed by atoms with E-state index in [1.54, 1.807) is 47.4 Å². The first-order chi connectivity index (χ1) is 12.5. The molecule has 1 saturated heterocycles. The van der Waals surface area contributed by atoms with Crippen molar-refractivity contribution < 1.29 is 14.3 Å². The van der Waals surface area contributed by atoms with E-state index < -0.39 is 0 Å². The number of aryl methyl sites for hydroxylation is 1. The van der Waals surface area contributed by atoms with Crippen LogP contribution in [0.2, 0.25) is 0 Å². The maximum atomic E-state index is 12.4. The summed E-state index contributed by atoms with van der Waals surface area (Å²) in [6, 6.07) is 5.09. The number of urea groups is 1. The molecule has 1 N–H and O–H groups in total. The molecule has 0 saturated carbocycles. The van der Waals surface area contributed by atoms with Gasteiger partial charge in [-0.2, -0.15) is 0 Å². The van der Waals surface area contributed by atoms with Crippen molar-refractivity contribution in [1.82, 2.24) is 9.88 Å². The fourth-order valence-electron chi connectivity index (χ4n) is 2.90. The number of nitrogens with zero attached hydrogens (tertiary/aromatic N) is 3. The highest BCUT2D eigenvalue weighted by Gasteiger charge is 2.24. The van der Waals surface area contributed by atoms with Crippen molar-refractivity contribution >= 4 is 34.6 Å². The van der Waals surface area contributed by atoms with Crippen molar-refractivity contribution in [3.63, 3.8) is 0 Å². The molecule has 2 heterocycles. The molecule has 1 aliphatic rings. The zero-order valence-electron chi connectivity index (χ0n) is 15.1. The quantitative estimate of drug-likeness (QED) is 0.872. The molecule has 1 fully saturated rings. The van der Waals surface area contributed by atoms with Gasteiger partial charge in [-0.15, -0.1) is 11.3 Å². The van der Waals surface area contributed by atoms with E-state index >= 15 is 0 Å². The van der Waals surface area contributed by atoms with E-state index in [0.717, 1.165) is 22.8 Å². The number of rotatable bonds is 5. The van der Waals surface area contributed by atoms with E-state index in [1.165, 1.54) is 0 Å². The second kappa shape index (κ2) is 7.74. The van der Waals surface area contributed by atoms with Gasteiger partial charge in [0.05, 0.1) is 30.0 Å². The van der Waals surface area contributed by atoms with Gasteiger partial charge in [-0.25, -0.2) is 9.78 Å². The normalized spacial score (nSPS) is 13.8. The molecule has 1 aliphatic heterocycles. The van der Waals surface area contributed by atoms with Crippen LogP contribution in [0.3, 0.4) is 0 Å². The molecule has 8 heteroatoms. The molecule has 3 rings (SSSR count). The lowest BCUT2D eigenvalue weighted by atomic mass is 10.2. The Balaban J connectivity index is 1.69. The van der Waals surface area contributed by atoms with Crippen LogP contribution in [0.4, 0.5) is 16.2 Å². The molecule has 0 spiro atoms. The molecule has 2 aromatic rings. The number of anilines is 2. The second-order valence-corrected chi connectivity index (χ2v) is 7.24. The van der Waals surface area contributed by atoms with Crippen LogP contribution in [0.1, 0.15) is 23.5 Å². The number of aromatic nitrogens is 1. The van der Waals surface area contributed by atoms with E-state index in [-0.39, 0.29) is 11.9 Å². The number of hydrogen-bond donors (Lipinski definition) is 1. The Kier molecular flexibility index (Phi) is 5.41. The van der Waals surface area contributed by atoms with Gasteiger partial charge in [-0.05, 0) is 25.5 Å². The summed E-state index contributed by atoms with van der Waals surface area (Å²) >= 11 is 1.56. The predicted molar refractivity (Wildman–Crippen MR) is 102 cm³/mol. The summed E-state index contributed by atoms with van der Waals surface area (Å²) in [5.74, 6) is 0.661. The van der Waals surface area contributed by atoms with E-state index in [9.17, 15) is 9.59 Å². The minimum atomic E-state index is -0.234. The van der Waals surface area contributed by atoms with Gasteiger partial charge >= 0.3 is 6.03 Å². The number of methoxy groups -OCH3 is 1. The summed E-state index contributed by atoms with van der Waals surface area (Å²) in [7, 11) is 3.28. The third kappa shape index (κ3) is 3.96. The van der Waals surface area contributed by atoms with E-state index in [1.807, 2.05) is 18.4 Å². The lowest BCUT2D eigenvalue weighted by Crippen LogP contribution is -2.31. The maximum Gasteiger partial charge on any atom is 0.321 e. The van der Waals surface area contributed by atoms with Crippen LogP contribution in [0.25, 0.3) is 0 Å². The molecule has 1 aromatic heterocycles. The first-order valence-electron chi connectivity index (χ1n) is 8.39. The molecular formula is C18H22N4O3S.